The van der Waals surface area contributed by atoms with E-state index in [2.05, 4.69) is 20.8 Å². The number of carbonyl (C=O) groups is 1. The largest absolute Gasteiger partial charge is 0.493 e. The Balaban J connectivity index is 1.68. The Morgan fingerprint density at radius 1 is 0.821 bits per heavy atom. The zero-order valence-corrected chi connectivity index (χ0v) is 16.2. The van der Waals surface area contributed by atoms with Crippen molar-refractivity contribution in [3.63, 3.8) is 0 Å². The van der Waals surface area contributed by atoms with Gasteiger partial charge in [0.2, 0.25) is 0 Å². The Hall–Kier alpha value is -3.61. The number of anilines is 3. The van der Waals surface area contributed by atoms with Crippen molar-refractivity contribution in [2.45, 2.75) is 13.8 Å². The molecule has 1 amide bonds. The molecule has 0 saturated carbocycles. The highest BCUT2D eigenvalue weighted by atomic mass is 16.5. The average molecular weight is 378 g/mol. The predicted octanol–water partition coefficient (Wildman–Crippen LogP) is 4.11. The van der Waals surface area contributed by atoms with Crippen LogP contribution in [-0.4, -0.2) is 30.3 Å². The normalized spacial score (nSPS) is 10.3. The fourth-order valence-corrected chi connectivity index (χ4v) is 2.60. The van der Waals surface area contributed by atoms with E-state index in [1.165, 1.54) is 0 Å². The van der Waals surface area contributed by atoms with Gasteiger partial charge in [0.05, 0.1) is 14.2 Å². The molecular formula is C21H22N4O3. The maximum Gasteiger partial charge on any atom is 0.256 e. The minimum atomic E-state index is -0.224. The molecule has 3 rings (SSSR count). The maximum atomic E-state index is 12.4. The van der Waals surface area contributed by atoms with Crippen molar-refractivity contribution < 1.29 is 14.3 Å². The number of hydrogen-bond donors (Lipinski definition) is 2. The van der Waals surface area contributed by atoms with Crippen LogP contribution in [0.25, 0.3) is 0 Å². The molecule has 28 heavy (non-hydrogen) atoms. The smallest absolute Gasteiger partial charge is 0.256 e. The van der Waals surface area contributed by atoms with E-state index in [4.69, 9.17) is 9.47 Å². The summed E-state index contributed by atoms with van der Waals surface area (Å²) < 4.78 is 10.5. The van der Waals surface area contributed by atoms with Crippen LogP contribution in [0.4, 0.5) is 17.3 Å². The maximum absolute atomic E-state index is 12.4. The number of amides is 1. The summed E-state index contributed by atoms with van der Waals surface area (Å²) in [7, 11) is 3.16. The summed E-state index contributed by atoms with van der Waals surface area (Å²) in [5, 5.41) is 14.0. The predicted molar refractivity (Wildman–Crippen MR) is 109 cm³/mol. The van der Waals surface area contributed by atoms with Gasteiger partial charge in [-0.3, -0.25) is 4.79 Å². The molecule has 144 valence electrons. The summed E-state index contributed by atoms with van der Waals surface area (Å²) >= 11 is 0. The zero-order valence-electron chi connectivity index (χ0n) is 16.2. The van der Waals surface area contributed by atoms with Crippen LogP contribution in [0.5, 0.6) is 11.5 Å². The van der Waals surface area contributed by atoms with Gasteiger partial charge >= 0.3 is 0 Å². The summed E-state index contributed by atoms with van der Waals surface area (Å²) in [6.07, 6.45) is 0. The molecule has 0 atom stereocenters. The molecule has 1 aromatic heterocycles. The number of nitrogens with zero attached hydrogens (tertiary/aromatic N) is 2. The van der Waals surface area contributed by atoms with E-state index in [9.17, 15) is 4.79 Å². The molecule has 0 bridgehead atoms. The molecular weight excluding hydrogens is 356 g/mol. The van der Waals surface area contributed by atoms with Gasteiger partial charge < -0.3 is 20.1 Å². The van der Waals surface area contributed by atoms with E-state index in [1.54, 1.807) is 44.6 Å². The summed E-state index contributed by atoms with van der Waals surface area (Å²) in [5.74, 6) is 1.94. The van der Waals surface area contributed by atoms with E-state index < -0.39 is 0 Å². The van der Waals surface area contributed by atoms with Crippen LogP contribution in [-0.2, 0) is 0 Å². The third-order valence-electron chi connectivity index (χ3n) is 4.33. The van der Waals surface area contributed by atoms with Crippen molar-refractivity contribution in [1.82, 2.24) is 10.2 Å². The van der Waals surface area contributed by atoms with Crippen LogP contribution in [0.3, 0.4) is 0 Å². The van der Waals surface area contributed by atoms with E-state index >= 15 is 0 Å². The Labute approximate surface area is 163 Å². The monoisotopic (exact) mass is 378 g/mol. The Bertz CT molecular complexity index is 987. The lowest BCUT2D eigenvalue weighted by atomic mass is 10.1. The quantitative estimate of drug-likeness (QED) is 0.671. The highest BCUT2D eigenvalue weighted by molar-refractivity contribution is 6.03. The SMILES string of the molecule is COc1ccc(Nc2ccc(NC(=O)c3ccc(C)c(C)c3)nn2)cc1OC. The highest BCUT2D eigenvalue weighted by Crippen LogP contribution is 2.30. The van der Waals surface area contributed by atoms with Crippen LogP contribution >= 0.6 is 0 Å². The molecule has 0 fully saturated rings. The molecule has 0 unspecified atom stereocenters. The highest BCUT2D eigenvalue weighted by Gasteiger charge is 2.09. The lowest BCUT2D eigenvalue weighted by Crippen LogP contribution is -2.13. The first kappa shape index (κ1) is 19.2. The molecule has 3 aromatic rings. The lowest BCUT2D eigenvalue weighted by molar-refractivity contribution is 0.102. The molecule has 7 nitrogen and oxygen atoms in total. The molecule has 0 aliphatic rings. The Morgan fingerprint density at radius 2 is 1.54 bits per heavy atom. The van der Waals surface area contributed by atoms with Gasteiger partial charge in [-0.05, 0) is 61.4 Å². The summed E-state index contributed by atoms with van der Waals surface area (Å²) in [6, 6.07) is 14.4. The number of nitrogens with one attached hydrogen (secondary N) is 2. The summed E-state index contributed by atoms with van der Waals surface area (Å²) in [4.78, 5) is 12.4. The van der Waals surface area contributed by atoms with Crippen LogP contribution in [0.15, 0.2) is 48.5 Å². The van der Waals surface area contributed by atoms with Crippen LogP contribution in [0, 0.1) is 13.8 Å². The first-order valence-corrected chi connectivity index (χ1v) is 8.71. The number of ether oxygens (including phenoxy) is 2. The number of methoxy groups -OCH3 is 2. The fourth-order valence-electron chi connectivity index (χ4n) is 2.60. The minimum absolute atomic E-state index is 0.224. The Morgan fingerprint density at radius 3 is 2.18 bits per heavy atom. The average Bonchev–Trinajstić information content (AvgIpc) is 2.71. The van der Waals surface area contributed by atoms with E-state index in [1.807, 2.05) is 32.0 Å². The summed E-state index contributed by atoms with van der Waals surface area (Å²) in [6.45, 7) is 3.98. The van der Waals surface area contributed by atoms with E-state index in [-0.39, 0.29) is 5.91 Å². The van der Waals surface area contributed by atoms with E-state index in [0.29, 0.717) is 28.7 Å². The number of carbonyl (C=O) groups excluding carboxylic acids is 1. The van der Waals surface area contributed by atoms with Gasteiger partial charge in [0.15, 0.2) is 23.1 Å². The summed E-state index contributed by atoms with van der Waals surface area (Å²) in [5.41, 5.74) is 3.56. The van der Waals surface area contributed by atoms with Gasteiger partial charge in [0, 0.05) is 17.3 Å². The van der Waals surface area contributed by atoms with Crippen molar-refractivity contribution in [2.24, 2.45) is 0 Å². The molecule has 2 N–H and O–H groups in total. The first-order valence-electron chi connectivity index (χ1n) is 8.71. The molecule has 0 spiro atoms. The number of benzene rings is 2. The van der Waals surface area contributed by atoms with Crippen molar-refractivity contribution in [3.8, 4) is 11.5 Å². The van der Waals surface area contributed by atoms with Crippen molar-refractivity contribution >= 4 is 23.2 Å². The van der Waals surface area contributed by atoms with Crippen LogP contribution in [0.1, 0.15) is 21.5 Å². The molecule has 1 heterocycles. The fraction of sp³-hybridized carbons (Fsp3) is 0.190. The van der Waals surface area contributed by atoms with Gasteiger partial charge in [0.1, 0.15) is 0 Å². The van der Waals surface area contributed by atoms with Crippen LogP contribution in [0.2, 0.25) is 0 Å². The second-order valence-electron chi connectivity index (χ2n) is 6.25. The molecule has 7 heteroatoms. The first-order chi connectivity index (χ1) is 13.5. The van der Waals surface area contributed by atoms with E-state index in [0.717, 1.165) is 16.8 Å². The second kappa shape index (κ2) is 8.39. The van der Waals surface area contributed by atoms with Gasteiger partial charge in [-0.25, -0.2) is 0 Å². The number of rotatable bonds is 6. The van der Waals surface area contributed by atoms with Crippen LogP contribution < -0.4 is 20.1 Å². The minimum Gasteiger partial charge on any atom is -0.493 e. The topological polar surface area (TPSA) is 85.4 Å². The third kappa shape index (κ3) is 4.37. The van der Waals surface area contributed by atoms with Gasteiger partial charge in [-0.15, -0.1) is 10.2 Å². The van der Waals surface area contributed by atoms with Gasteiger partial charge in [0.25, 0.3) is 5.91 Å². The van der Waals surface area contributed by atoms with Crippen molar-refractivity contribution in [2.75, 3.05) is 24.9 Å². The third-order valence-corrected chi connectivity index (χ3v) is 4.33. The Kier molecular flexibility index (Phi) is 5.74. The molecule has 0 aliphatic carbocycles. The van der Waals surface area contributed by atoms with Gasteiger partial charge in [-0.2, -0.15) is 0 Å². The van der Waals surface area contributed by atoms with Gasteiger partial charge in [-0.1, -0.05) is 6.07 Å². The molecule has 0 radical (unpaired) electrons. The number of aromatic nitrogens is 2. The van der Waals surface area contributed by atoms with Crippen molar-refractivity contribution in [3.05, 3.63) is 65.2 Å². The molecule has 2 aromatic carbocycles. The number of aryl methyl sites for hydroxylation is 2. The lowest BCUT2D eigenvalue weighted by Gasteiger charge is -2.11. The number of hydrogen-bond acceptors (Lipinski definition) is 6. The van der Waals surface area contributed by atoms with Crippen molar-refractivity contribution in [1.29, 1.82) is 0 Å². The molecule has 0 saturated heterocycles. The second-order valence-corrected chi connectivity index (χ2v) is 6.25. The standard InChI is InChI=1S/C21H22N4O3/c1-13-5-6-15(11-14(13)2)21(26)23-20-10-9-19(24-25-20)22-16-7-8-17(27-3)18(12-16)28-4/h5-12H,1-4H3,(H,22,24)(H,23,25,26). The molecule has 0 aliphatic heterocycles. The zero-order chi connectivity index (χ0) is 20.1.